The van der Waals surface area contributed by atoms with E-state index in [4.69, 9.17) is 4.42 Å². The van der Waals surface area contributed by atoms with Gasteiger partial charge in [-0.2, -0.15) is 5.10 Å². The molecule has 1 atom stereocenters. The molecule has 2 heterocycles. The van der Waals surface area contributed by atoms with Crippen LogP contribution in [-0.4, -0.2) is 16.3 Å². The summed E-state index contributed by atoms with van der Waals surface area (Å²) in [7, 11) is 1.94. The van der Waals surface area contributed by atoms with Crippen molar-refractivity contribution >= 4 is 0 Å². The normalized spacial score (nSPS) is 12.8. The van der Waals surface area contributed by atoms with Crippen molar-refractivity contribution in [2.45, 2.75) is 32.7 Å². The SMILES string of the molecule is CCNC(Cc1ccn(C)n1)c1ccc(CC)o1. The van der Waals surface area contributed by atoms with Gasteiger partial charge in [-0.1, -0.05) is 13.8 Å². The fraction of sp³-hybridized carbons (Fsp3) is 0.500. The third-order valence-corrected chi connectivity index (χ3v) is 3.01. The molecule has 4 nitrogen and oxygen atoms in total. The summed E-state index contributed by atoms with van der Waals surface area (Å²) < 4.78 is 7.66. The Bertz CT molecular complexity index is 487. The van der Waals surface area contributed by atoms with Crippen molar-refractivity contribution in [1.82, 2.24) is 15.1 Å². The van der Waals surface area contributed by atoms with Crippen LogP contribution < -0.4 is 5.32 Å². The predicted octanol–water partition coefficient (Wildman–Crippen LogP) is 2.47. The van der Waals surface area contributed by atoms with E-state index in [1.54, 1.807) is 0 Å². The number of aryl methyl sites for hydroxylation is 2. The maximum absolute atomic E-state index is 5.83. The minimum atomic E-state index is 0.199. The number of rotatable bonds is 6. The molecule has 0 saturated heterocycles. The topological polar surface area (TPSA) is 43.0 Å². The zero-order valence-corrected chi connectivity index (χ0v) is 11.3. The molecule has 18 heavy (non-hydrogen) atoms. The van der Waals surface area contributed by atoms with Crippen LogP contribution in [0.1, 0.15) is 37.1 Å². The first-order valence-electron chi connectivity index (χ1n) is 6.53. The van der Waals surface area contributed by atoms with Crippen LogP contribution in [0.2, 0.25) is 0 Å². The largest absolute Gasteiger partial charge is 0.464 e. The van der Waals surface area contributed by atoms with Gasteiger partial charge in [0, 0.05) is 26.1 Å². The third-order valence-electron chi connectivity index (χ3n) is 3.01. The number of likely N-dealkylation sites (N-methyl/N-ethyl adjacent to an activating group) is 1. The molecular formula is C14H21N3O. The Hall–Kier alpha value is -1.55. The zero-order chi connectivity index (χ0) is 13.0. The Morgan fingerprint density at radius 1 is 1.33 bits per heavy atom. The van der Waals surface area contributed by atoms with Crippen LogP contribution >= 0.6 is 0 Å². The molecule has 4 heteroatoms. The summed E-state index contributed by atoms with van der Waals surface area (Å²) in [6.07, 6.45) is 3.76. The van der Waals surface area contributed by atoms with E-state index in [0.717, 1.165) is 36.6 Å². The van der Waals surface area contributed by atoms with Crippen molar-refractivity contribution in [1.29, 1.82) is 0 Å². The monoisotopic (exact) mass is 247 g/mol. The van der Waals surface area contributed by atoms with E-state index < -0.39 is 0 Å². The summed E-state index contributed by atoms with van der Waals surface area (Å²) in [5.41, 5.74) is 1.08. The lowest BCUT2D eigenvalue weighted by atomic mass is 10.1. The molecule has 0 saturated carbocycles. The second-order valence-electron chi connectivity index (χ2n) is 4.45. The molecule has 1 unspecified atom stereocenters. The molecule has 0 radical (unpaired) electrons. The van der Waals surface area contributed by atoms with Gasteiger partial charge in [-0.3, -0.25) is 4.68 Å². The van der Waals surface area contributed by atoms with Gasteiger partial charge in [0.15, 0.2) is 0 Å². The highest BCUT2D eigenvalue weighted by Gasteiger charge is 2.16. The number of hydrogen-bond donors (Lipinski definition) is 1. The first-order chi connectivity index (χ1) is 8.72. The van der Waals surface area contributed by atoms with Gasteiger partial charge in [-0.15, -0.1) is 0 Å². The van der Waals surface area contributed by atoms with Crippen LogP contribution in [0, 0.1) is 0 Å². The van der Waals surface area contributed by atoms with Gasteiger partial charge in [0.1, 0.15) is 11.5 Å². The van der Waals surface area contributed by atoms with Crippen molar-refractivity contribution in [3.8, 4) is 0 Å². The lowest BCUT2D eigenvalue weighted by Gasteiger charge is -2.14. The summed E-state index contributed by atoms with van der Waals surface area (Å²) in [5, 5.41) is 7.87. The molecule has 0 aliphatic carbocycles. The van der Waals surface area contributed by atoms with Crippen molar-refractivity contribution in [3.63, 3.8) is 0 Å². The molecule has 0 fully saturated rings. The Kier molecular flexibility index (Phi) is 4.20. The molecule has 1 N–H and O–H groups in total. The smallest absolute Gasteiger partial charge is 0.121 e. The Labute approximate surface area is 108 Å². The van der Waals surface area contributed by atoms with Gasteiger partial charge in [-0.05, 0) is 24.7 Å². The van der Waals surface area contributed by atoms with Gasteiger partial charge in [0.2, 0.25) is 0 Å². The van der Waals surface area contributed by atoms with E-state index in [1.807, 2.05) is 24.0 Å². The highest BCUT2D eigenvalue weighted by Crippen LogP contribution is 2.20. The standard InChI is InChI=1S/C14H21N3O/c1-4-12-6-7-14(18-12)13(15-5-2)10-11-8-9-17(3)16-11/h6-9,13,15H,4-5,10H2,1-3H3. The van der Waals surface area contributed by atoms with Gasteiger partial charge in [0.25, 0.3) is 0 Å². The van der Waals surface area contributed by atoms with Gasteiger partial charge in [0.05, 0.1) is 11.7 Å². The van der Waals surface area contributed by atoms with Crippen LogP contribution in [0.3, 0.4) is 0 Å². The predicted molar refractivity (Wildman–Crippen MR) is 71.4 cm³/mol. The third kappa shape index (κ3) is 3.01. The van der Waals surface area contributed by atoms with Crippen LogP contribution in [0.5, 0.6) is 0 Å². The van der Waals surface area contributed by atoms with Crippen LogP contribution in [-0.2, 0) is 19.9 Å². The number of nitrogens with one attached hydrogen (secondary N) is 1. The average molecular weight is 247 g/mol. The summed E-state index contributed by atoms with van der Waals surface area (Å²) in [6, 6.07) is 6.37. The van der Waals surface area contributed by atoms with E-state index >= 15 is 0 Å². The molecule has 0 bridgehead atoms. The second kappa shape index (κ2) is 5.87. The molecule has 2 rings (SSSR count). The molecule has 0 aliphatic rings. The molecular weight excluding hydrogens is 226 g/mol. The second-order valence-corrected chi connectivity index (χ2v) is 4.45. The first-order valence-corrected chi connectivity index (χ1v) is 6.53. The summed E-state index contributed by atoms with van der Waals surface area (Å²) in [4.78, 5) is 0. The Morgan fingerprint density at radius 2 is 2.17 bits per heavy atom. The van der Waals surface area contributed by atoms with Gasteiger partial charge in [-0.25, -0.2) is 0 Å². The Morgan fingerprint density at radius 3 is 2.72 bits per heavy atom. The fourth-order valence-electron chi connectivity index (χ4n) is 2.07. The molecule has 98 valence electrons. The summed E-state index contributed by atoms with van der Waals surface area (Å²) in [6.45, 7) is 5.12. The molecule has 0 aliphatic heterocycles. The number of furan rings is 1. The molecule has 0 spiro atoms. The molecule has 2 aromatic rings. The van der Waals surface area contributed by atoms with E-state index in [9.17, 15) is 0 Å². The minimum Gasteiger partial charge on any atom is -0.464 e. The minimum absolute atomic E-state index is 0.199. The van der Waals surface area contributed by atoms with E-state index in [-0.39, 0.29) is 6.04 Å². The molecule has 2 aromatic heterocycles. The fourth-order valence-corrected chi connectivity index (χ4v) is 2.07. The molecule has 0 amide bonds. The maximum atomic E-state index is 5.83. The van der Waals surface area contributed by atoms with E-state index in [1.165, 1.54) is 0 Å². The first kappa shape index (κ1) is 12.9. The summed E-state index contributed by atoms with van der Waals surface area (Å²) >= 11 is 0. The van der Waals surface area contributed by atoms with Crippen molar-refractivity contribution < 1.29 is 4.42 Å². The van der Waals surface area contributed by atoms with Crippen molar-refractivity contribution in [2.75, 3.05) is 6.54 Å². The van der Waals surface area contributed by atoms with E-state index in [2.05, 4.69) is 36.4 Å². The Balaban J connectivity index is 2.12. The quantitative estimate of drug-likeness (QED) is 0.852. The van der Waals surface area contributed by atoms with Crippen LogP contribution in [0.15, 0.2) is 28.8 Å². The average Bonchev–Trinajstić information content (AvgIpc) is 2.97. The number of hydrogen-bond acceptors (Lipinski definition) is 3. The lowest BCUT2D eigenvalue weighted by molar-refractivity contribution is 0.394. The van der Waals surface area contributed by atoms with Gasteiger partial charge >= 0.3 is 0 Å². The lowest BCUT2D eigenvalue weighted by Crippen LogP contribution is -2.22. The van der Waals surface area contributed by atoms with Gasteiger partial charge < -0.3 is 9.73 Å². The molecule has 0 aromatic carbocycles. The maximum Gasteiger partial charge on any atom is 0.121 e. The highest BCUT2D eigenvalue weighted by atomic mass is 16.3. The highest BCUT2D eigenvalue weighted by molar-refractivity contribution is 5.14. The summed E-state index contributed by atoms with van der Waals surface area (Å²) in [5.74, 6) is 2.04. The van der Waals surface area contributed by atoms with E-state index in [0.29, 0.717) is 0 Å². The zero-order valence-electron chi connectivity index (χ0n) is 11.3. The number of aromatic nitrogens is 2. The van der Waals surface area contributed by atoms with Crippen LogP contribution in [0.4, 0.5) is 0 Å². The van der Waals surface area contributed by atoms with Crippen LogP contribution in [0.25, 0.3) is 0 Å². The van der Waals surface area contributed by atoms with Crippen molar-refractivity contribution in [2.24, 2.45) is 7.05 Å². The van der Waals surface area contributed by atoms with Crippen molar-refractivity contribution in [3.05, 3.63) is 41.6 Å². The number of nitrogens with zero attached hydrogens (tertiary/aromatic N) is 2.